The first kappa shape index (κ1) is 13.2. The van der Waals surface area contributed by atoms with Crippen molar-refractivity contribution in [2.75, 3.05) is 0 Å². The molecule has 0 amide bonds. The monoisotopic (exact) mass is 322 g/mol. The fourth-order valence-corrected chi connectivity index (χ4v) is 3.22. The Morgan fingerprint density at radius 1 is 1.22 bits per heavy atom. The number of rotatable bonds is 3. The predicted octanol–water partition coefficient (Wildman–Crippen LogP) is 4.61. The smallest absolute Gasteiger partial charge is 0.336 e. The Morgan fingerprint density at radius 2 is 1.94 bits per heavy atom. The minimum atomic E-state index is -0.892. The number of hydrogen-bond acceptors (Lipinski definition) is 2. The second-order valence-corrected chi connectivity index (χ2v) is 5.82. The molecule has 0 aliphatic carbocycles. The fourth-order valence-electron chi connectivity index (χ4n) is 1.60. The molecule has 0 atom stereocenters. The van der Waals surface area contributed by atoms with E-state index in [-0.39, 0.29) is 0 Å². The Hall–Kier alpha value is -1.26. The van der Waals surface area contributed by atoms with Crippen LogP contribution in [0, 0.1) is 6.92 Å². The van der Waals surface area contributed by atoms with Gasteiger partial charge in [-0.05, 0) is 36.8 Å². The van der Waals surface area contributed by atoms with Crippen molar-refractivity contribution in [3.8, 4) is 0 Å². The van der Waals surface area contributed by atoms with Gasteiger partial charge in [-0.25, -0.2) is 4.79 Å². The molecule has 2 nitrogen and oxygen atoms in total. The zero-order chi connectivity index (χ0) is 13.1. The second kappa shape index (κ2) is 5.59. The number of hydrogen-bond donors (Lipinski definition) is 1. The normalized spacial score (nSPS) is 10.3. The largest absolute Gasteiger partial charge is 0.478 e. The van der Waals surface area contributed by atoms with Crippen LogP contribution in [0.2, 0.25) is 0 Å². The molecule has 92 valence electrons. The molecule has 0 spiro atoms. The maximum absolute atomic E-state index is 11.2. The number of carboxylic acids is 1. The molecule has 0 radical (unpaired) electrons. The van der Waals surface area contributed by atoms with Gasteiger partial charge >= 0.3 is 5.97 Å². The minimum absolute atomic E-state index is 0.347. The van der Waals surface area contributed by atoms with Crippen LogP contribution in [-0.2, 0) is 0 Å². The molecule has 2 aromatic rings. The van der Waals surface area contributed by atoms with Crippen molar-refractivity contribution in [2.45, 2.75) is 16.7 Å². The van der Waals surface area contributed by atoms with Crippen LogP contribution in [0.5, 0.6) is 0 Å². The van der Waals surface area contributed by atoms with Gasteiger partial charge in [0.2, 0.25) is 0 Å². The van der Waals surface area contributed by atoms with Gasteiger partial charge < -0.3 is 5.11 Å². The summed E-state index contributed by atoms with van der Waals surface area (Å²) in [6.07, 6.45) is 0. The van der Waals surface area contributed by atoms with Crippen LogP contribution >= 0.6 is 27.7 Å². The third kappa shape index (κ3) is 2.94. The van der Waals surface area contributed by atoms with Gasteiger partial charge in [0.1, 0.15) is 0 Å². The minimum Gasteiger partial charge on any atom is -0.478 e. The summed E-state index contributed by atoms with van der Waals surface area (Å²) in [6, 6.07) is 13.1. The van der Waals surface area contributed by atoms with Crippen LogP contribution in [-0.4, -0.2) is 11.1 Å². The lowest BCUT2D eigenvalue weighted by molar-refractivity contribution is 0.0693. The zero-order valence-electron chi connectivity index (χ0n) is 9.68. The highest BCUT2D eigenvalue weighted by Crippen LogP contribution is 2.34. The topological polar surface area (TPSA) is 37.3 Å². The molecule has 0 bridgehead atoms. The van der Waals surface area contributed by atoms with Gasteiger partial charge in [0, 0.05) is 14.3 Å². The molecule has 0 aliphatic heterocycles. The summed E-state index contributed by atoms with van der Waals surface area (Å²) in [7, 11) is 0. The average Bonchev–Trinajstić information content (AvgIpc) is 2.31. The number of halogens is 1. The Morgan fingerprint density at radius 3 is 2.61 bits per heavy atom. The highest BCUT2D eigenvalue weighted by atomic mass is 79.9. The molecular formula is C14H11BrO2S. The van der Waals surface area contributed by atoms with Crippen molar-refractivity contribution in [3.63, 3.8) is 0 Å². The maximum atomic E-state index is 11.2. The van der Waals surface area contributed by atoms with E-state index in [1.165, 1.54) is 11.8 Å². The van der Waals surface area contributed by atoms with Crippen LogP contribution in [0.3, 0.4) is 0 Å². The molecule has 2 aromatic carbocycles. The lowest BCUT2D eigenvalue weighted by Gasteiger charge is -2.09. The summed E-state index contributed by atoms with van der Waals surface area (Å²) in [6.45, 7) is 1.92. The lowest BCUT2D eigenvalue weighted by atomic mass is 10.1. The van der Waals surface area contributed by atoms with Gasteiger partial charge in [-0.3, -0.25) is 0 Å². The summed E-state index contributed by atoms with van der Waals surface area (Å²) in [5.41, 5.74) is 1.32. The molecule has 0 saturated carbocycles. The van der Waals surface area contributed by atoms with E-state index < -0.39 is 5.97 Å². The van der Waals surface area contributed by atoms with Crippen molar-refractivity contribution < 1.29 is 9.90 Å². The molecule has 2 rings (SSSR count). The number of benzene rings is 2. The molecule has 0 saturated heterocycles. The van der Waals surface area contributed by atoms with E-state index in [4.69, 9.17) is 0 Å². The van der Waals surface area contributed by atoms with Crippen molar-refractivity contribution in [1.29, 1.82) is 0 Å². The highest BCUT2D eigenvalue weighted by Gasteiger charge is 2.13. The number of aryl methyl sites for hydroxylation is 1. The first-order valence-electron chi connectivity index (χ1n) is 5.34. The summed E-state index contributed by atoms with van der Waals surface area (Å²) in [4.78, 5) is 13.0. The van der Waals surface area contributed by atoms with E-state index in [9.17, 15) is 9.90 Å². The van der Waals surface area contributed by atoms with E-state index in [0.717, 1.165) is 19.8 Å². The predicted molar refractivity (Wildman–Crippen MR) is 76.4 cm³/mol. The van der Waals surface area contributed by atoms with E-state index in [1.54, 1.807) is 12.1 Å². The summed E-state index contributed by atoms with van der Waals surface area (Å²) >= 11 is 4.88. The second-order valence-electron chi connectivity index (χ2n) is 3.82. The number of carbonyl (C=O) groups is 1. The van der Waals surface area contributed by atoms with Crippen LogP contribution in [0.1, 0.15) is 15.9 Å². The first-order chi connectivity index (χ1) is 8.58. The summed E-state index contributed by atoms with van der Waals surface area (Å²) < 4.78 is 0.984. The van der Waals surface area contributed by atoms with E-state index >= 15 is 0 Å². The third-order valence-electron chi connectivity index (χ3n) is 2.46. The van der Waals surface area contributed by atoms with Crippen molar-refractivity contribution in [3.05, 3.63) is 58.1 Å². The summed E-state index contributed by atoms with van der Waals surface area (Å²) in [5.74, 6) is -0.892. The molecule has 0 fully saturated rings. The van der Waals surface area contributed by atoms with E-state index in [1.807, 2.05) is 37.3 Å². The Bertz CT molecular complexity index is 596. The van der Waals surface area contributed by atoms with Gasteiger partial charge in [0.25, 0.3) is 0 Å². The van der Waals surface area contributed by atoms with Crippen molar-refractivity contribution in [2.24, 2.45) is 0 Å². The molecule has 4 heteroatoms. The zero-order valence-corrected chi connectivity index (χ0v) is 12.1. The SMILES string of the molecule is Cc1cccc(C(=O)O)c1Sc1cccc(Br)c1. The van der Waals surface area contributed by atoms with Crippen LogP contribution in [0.4, 0.5) is 0 Å². The quantitative estimate of drug-likeness (QED) is 0.896. The third-order valence-corrected chi connectivity index (χ3v) is 4.19. The highest BCUT2D eigenvalue weighted by molar-refractivity contribution is 9.10. The Kier molecular flexibility index (Phi) is 4.09. The molecule has 0 unspecified atom stereocenters. The average molecular weight is 323 g/mol. The fraction of sp³-hybridized carbons (Fsp3) is 0.0714. The van der Waals surface area contributed by atoms with Gasteiger partial charge in [-0.2, -0.15) is 0 Å². The van der Waals surface area contributed by atoms with Crippen LogP contribution in [0.15, 0.2) is 56.7 Å². The van der Waals surface area contributed by atoms with Crippen LogP contribution in [0.25, 0.3) is 0 Å². The molecule has 18 heavy (non-hydrogen) atoms. The molecule has 1 N–H and O–H groups in total. The van der Waals surface area contributed by atoms with Crippen molar-refractivity contribution in [1.82, 2.24) is 0 Å². The van der Waals surface area contributed by atoms with Gasteiger partial charge in [-0.15, -0.1) is 0 Å². The standard InChI is InChI=1S/C14H11BrO2S/c1-9-4-2-7-12(14(16)17)13(9)18-11-6-3-5-10(15)8-11/h2-8H,1H3,(H,16,17). The van der Waals surface area contributed by atoms with E-state index in [2.05, 4.69) is 15.9 Å². The molecule has 0 aliphatic rings. The molecule has 0 heterocycles. The van der Waals surface area contributed by atoms with Crippen molar-refractivity contribution >= 4 is 33.7 Å². The lowest BCUT2D eigenvalue weighted by Crippen LogP contribution is -2.00. The Labute approximate surface area is 118 Å². The van der Waals surface area contributed by atoms with Gasteiger partial charge in [0.05, 0.1) is 5.56 Å². The van der Waals surface area contributed by atoms with E-state index in [0.29, 0.717) is 5.56 Å². The Balaban J connectivity index is 2.42. The van der Waals surface area contributed by atoms with Crippen LogP contribution < -0.4 is 0 Å². The molecular weight excluding hydrogens is 312 g/mol. The maximum Gasteiger partial charge on any atom is 0.336 e. The number of carboxylic acid groups (broad SMARTS) is 1. The van der Waals surface area contributed by atoms with Gasteiger partial charge in [0.15, 0.2) is 0 Å². The summed E-state index contributed by atoms with van der Waals surface area (Å²) in [5, 5.41) is 9.20. The number of aromatic carboxylic acids is 1. The molecule has 0 aromatic heterocycles. The first-order valence-corrected chi connectivity index (χ1v) is 6.95. The van der Waals surface area contributed by atoms with Gasteiger partial charge in [-0.1, -0.05) is 45.9 Å².